The molecule has 0 spiro atoms. The molecule has 0 unspecified atom stereocenters. The van der Waals surface area contributed by atoms with Gasteiger partial charge in [0, 0.05) is 24.3 Å². The molecule has 2 heterocycles. The third-order valence-electron chi connectivity index (χ3n) is 5.13. The van der Waals surface area contributed by atoms with Crippen LogP contribution in [0, 0.1) is 20.8 Å². The fourth-order valence-corrected chi connectivity index (χ4v) is 4.74. The van der Waals surface area contributed by atoms with E-state index in [1.165, 1.54) is 23.4 Å². The first-order chi connectivity index (χ1) is 14.6. The second-order valence-electron chi connectivity index (χ2n) is 7.30. The molecule has 1 fully saturated rings. The highest BCUT2D eigenvalue weighted by atomic mass is 32.2. The standard InChI is InChI=1S/C21H26N2O7S/c1-13-14(2)29-15(3)19(13)21(25)30-16(4)20(24)22-17-6-5-7-18(12-17)31(26,27)23-8-10-28-11-9-23/h5-7,12,16H,8-11H2,1-4H3,(H,22,24)/t16-/m1/s1. The summed E-state index contributed by atoms with van der Waals surface area (Å²) in [7, 11) is -3.70. The Morgan fingerprint density at radius 1 is 1.13 bits per heavy atom. The topological polar surface area (TPSA) is 115 Å². The monoisotopic (exact) mass is 450 g/mol. The van der Waals surface area contributed by atoms with E-state index in [9.17, 15) is 18.0 Å². The first kappa shape index (κ1) is 23.0. The van der Waals surface area contributed by atoms with Crippen LogP contribution in [0.25, 0.3) is 0 Å². The number of anilines is 1. The molecule has 1 aromatic heterocycles. The van der Waals surface area contributed by atoms with Crippen molar-refractivity contribution in [3.05, 3.63) is 46.9 Å². The van der Waals surface area contributed by atoms with Gasteiger partial charge in [-0.2, -0.15) is 4.31 Å². The van der Waals surface area contributed by atoms with Crippen molar-refractivity contribution in [2.75, 3.05) is 31.6 Å². The molecule has 1 aromatic carbocycles. The summed E-state index contributed by atoms with van der Waals surface area (Å²) in [5, 5.41) is 2.60. The molecule has 168 valence electrons. The fraction of sp³-hybridized carbons (Fsp3) is 0.429. The molecule has 1 aliphatic rings. The van der Waals surface area contributed by atoms with E-state index in [2.05, 4.69) is 5.32 Å². The average Bonchev–Trinajstić information content (AvgIpc) is 3.00. The molecule has 1 aliphatic heterocycles. The molecule has 31 heavy (non-hydrogen) atoms. The minimum Gasteiger partial charge on any atom is -0.465 e. The second kappa shape index (κ2) is 9.21. The van der Waals surface area contributed by atoms with E-state index in [1.54, 1.807) is 32.9 Å². The Morgan fingerprint density at radius 2 is 1.81 bits per heavy atom. The van der Waals surface area contributed by atoms with Crippen LogP contribution in [0.5, 0.6) is 0 Å². The van der Waals surface area contributed by atoms with Gasteiger partial charge in [-0.05, 0) is 45.9 Å². The quantitative estimate of drug-likeness (QED) is 0.672. The Hall–Kier alpha value is -2.69. The highest BCUT2D eigenvalue weighted by Crippen LogP contribution is 2.23. The first-order valence-electron chi connectivity index (χ1n) is 9.87. The SMILES string of the molecule is Cc1oc(C)c(C(=O)O[C@H](C)C(=O)Nc2cccc(S(=O)(=O)N3CCOCC3)c2)c1C. The van der Waals surface area contributed by atoms with Gasteiger partial charge in [-0.3, -0.25) is 4.79 Å². The summed E-state index contributed by atoms with van der Waals surface area (Å²) in [6, 6.07) is 5.96. The molecule has 10 heteroatoms. The number of aryl methyl sites for hydroxylation is 2. The van der Waals surface area contributed by atoms with Crippen molar-refractivity contribution in [3.8, 4) is 0 Å². The van der Waals surface area contributed by atoms with Gasteiger partial charge in [-0.15, -0.1) is 0 Å². The number of esters is 1. The zero-order valence-corrected chi connectivity index (χ0v) is 18.7. The Kier molecular flexibility index (Phi) is 6.83. The molecule has 0 bridgehead atoms. The van der Waals surface area contributed by atoms with E-state index in [-0.39, 0.29) is 23.7 Å². The molecule has 2 aromatic rings. The summed E-state index contributed by atoms with van der Waals surface area (Å²) in [5.41, 5.74) is 1.25. The number of morpholine rings is 1. The second-order valence-corrected chi connectivity index (χ2v) is 9.23. The molecular weight excluding hydrogens is 424 g/mol. The number of nitrogens with zero attached hydrogens (tertiary/aromatic N) is 1. The van der Waals surface area contributed by atoms with Crippen molar-refractivity contribution in [2.45, 2.75) is 38.7 Å². The highest BCUT2D eigenvalue weighted by Gasteiger charge is 2.27. The van der Waals surface area contributed by atoms with E-state index in [0.29, 0.717) is 35.9 Å². The van der Waals surface area contributed by atoms with Gasteiger partial charge in [0.15, 0.2) is 6.10 Å². The molecule has 1 amide bonds. The molecule has 0 radical (unpaired) electrons. The number of nitrogens with one attached hydrogen (secondary N) is 1. The van der Waals surface area contributed by atoms with Crippen LogP contribution in [0.2, 0.25) is 0 Å². The van der Waals surface area contributed by atoms with E-state index >= 15 is 0 Å². The molecule has 1 saturated heterocycles. The third-order valence-corrected chi connectivity index (χ3v) is 7.02. The van der Waals surface area contributed by atoms with E-state index in [0.717, 1.165) is 0 Å². The van der Waals surface area contributed by atoms with Gasteiger partial charge in [0.05, 0.1) is 18.1 Å². The van der Waals surface area contributed by atoms with Crippen LogP contribution in [0.1, 0.15) is 34.4 Å². The predicted molar refractivity (Wildman–Crippen MR) is 112 cm³/mol. The lowest BCUT2D eigenvalue weighted by molar-refractivity contribution is -0.123. The third kappa shape index (κ3) is 4.97. The van der Waals surface area contributed by atoms with Gasteiger partial charge in [-0.1, -0.05) is 6.07 Å². The van der Waals surface area contributed by atoms with Crippen LogP contribution < -0.4 is 5.32 Å². The number of ether oxygens (including phenoxy) is 2. The van der Waals surface area contributed by atoms with Crippen LogP contribution in [-0.2, 0) is 24.3 Å². The van der Waals surface area contributed by atoms with E-state index in [4.69, 9.17) is 13.9 Å². The number of hydrogen-bond acceptors (Lipinski definition) is 7. The van der Waals surface area contributed by atoms with Crippen LogP contribution in [0.15, 0.2) is 33.6 Å². The summed E-state index contributed by atoms with van der Waals surface area (Å²) in [6.45, 7) is 7.82. The minimum absolute atomic E-state index is 0.0666. The van der Waals surface area contributed by atoms with Gasteiger partial charge in [0.2, 0.25) is 10.0 Å². The largest absolute Gasteiger partial charge is 0.465 e. The fourth-order valence-electron chi connectivity index (χ4n) is 3.28. The van der Waals surface area contributed by atoms with Crippen LogP contribution in [0.4, 0.5) is 5.69 Å². The molecule has 0 saturated carbocycles. The van der Waals surface area contributed by atoms with Gasteiger partial charge in [-0.25, -0.2) is 13.2 Å². The lowest BCUT2D eigenvalue weighted by Crippen LogP contribution is -2.40. The van der Waals surface area contributed by atoms with Crippen molar-refractivity contribution in [3.63, 3.8) is 0 Å². The van der Waals surface area contributed by atoms with Gasteiger partial charge >= 0.3 is 5.97 Å². The number of rotatable bonds is 6. The molecule has 0 aliphatic carbocycles. The number of furan rings is 1. The minimum atomic E-state index is -3.70. The van der Waals surface area contributed by atoms with Gasteiger partial charge < -0.3 is 19.2 Å². The number of amides is 1. The Morgan fingerprint density at radius 3 is 2.42 bits per heavy atom. The molecule has 1 N–H and O–H groups in total. The van der Waals surface area contributed by atoms with Crippen molar-refractivity contribution >= 4 is 27.6 Å². The Labute approximate surface area is 181 Å². The van der Waals surface area contributed by atoms with Gasteiger partial charge in [0.1, 0.15) is 17.1 Å². The smallest absolute Gasteiger partial charge is 0.342 e. The number of carbonyl (C=O) groups is 2. The van der Waals surface area contributed by atoms with Crippen molar-refractivity contribution < 1.29 is 31.9 Å². The zero-order valence-electron chi connectivity index (χ0n) is 17.9. The first-order valence-corrected chi connectivity index (χ1v) is 11.3. The average molecular weight is 451 g/mol. The summed E-state index contributed by atoms with van der Waals surface area (Å²) in [6.07, 6.45) is -1.10. The lowest BCUT2D eigenvalue weighted by Gasteiger charge is -2.26. The summed E-state index contributed by atoms with van der Waals surface area (Å²) in [4.78, 5) is 25.1. The summed E-state index contributed by atoms with van der Waals surface area (Å²) in [5.74, 6) is -0.198. The van der Waals surface area contributed by atoms with E-state index < -0.39 is 28.0 Å². The molecule has 9 nitrogen and oxygen atoms in total. The Bertz CT molecular complexity index is 1090. The maximum Gasteiger partial charge on any atom is 0.342 e. The molecule has 1 atom stereocenters. The number of carbonyl (C=O) groups excluding carboxylic acids is 2. The maximum absolute atomic E-state index is 12.8. The number of benzene rings is 1. The normalized spacial score (nSPS) is 16.0. The van der Waals surface area contributed by atoms with Crippen LogP contribution in [-0.4, -0.2) is 57.0 Å². The van der Waals surface area contributed by atoms with Crippen molar-refractivity contribution in [1.29, 1.82) is 0 Å². The van der Waals surface area contributed by atoms with Crippen LogP contribution in [0.3, 0.4) is 0 Å². The summed E-state index contributed by atoms with van der Waals surface area (Å²) >= 11 is 0. The zero-order chi connectivity index (χ0) is 22.8. The molecular formula is C21H26N2O7S. The number of hydrogen-bond donors (Lipinski definition) is 1. The maximum atomic E-state index is 12.8. The Balaban J connectivity index is 1.69. The molecule has 3 rings (SSSR count). The van der Waals surface area contributed by atoms with E-state index in [1.807, 2.05) is 0 Å². The van der Waals surface area contributed by atoms with Crippen LogP contribution >= 0.6 is 0 Å². The lowest BCUT2D eigenvalue weighted by atomic mass is 10.1. The van der Waals surface area contributed by atoms with Crippen molar-refractivity contribution in [1.82, 2.24) is 4.31 Å². The highest BCUT2D eigenvalue weighted by molar-refractivity contribution is 7.89. The van der Waals surface area contributed by atoms with Gasteiger partial charge in [0.25, 0.3) is 5.91 Å². The van der Waals surface area contributed by atoms with Crippen molar-refractivity contribution in [2.24, 2.45) is 0 Å². The summed E-state index contributed by atoms with van der Waals surface area (Å²) < 4.78 is 42.9. The predicted octanol–water partition coefficient (Wildman–Crippen LogP) is 2.41. The number of sulfonamides is 1.